The van der Waals surface area contributed by atoms with E-state index in [9.17, 15) is 9.59 Å². The molecule has 0 atom stereocenters. The molecule has 0 aromatic rings. The molecule has 1 aliphatic rings. The first-order valence-corrected chi connectivity index (χ1v) is 4.02. The molecule has 1 aliphatic heterocycles. The van der Waals surface area contributed by atoms with Crippen LogP contribution in [0.5, 0.6) is 0 Å². The highest BCUT2D eigenvalue weighted by Crippen LogP contribution is 2.19. The molecule has 0 spiro atoms. The average Bonchev–Trinajstić information content (AvgIpc) is 2.04. The van der Waals surface area contributed by atoms with Gasteiger partial charge >= 0.3 is 12.0 Å². The van der Waals surface area contributed by atoms with Crippen LogP contribution in [0, 0.1) is 0 Å². The second kappa shape index (κ2) is 3.21. The predicted octanol–water partition coefficient (Wildman–Crippen LogP) is -1.06. The number of hydrogen-bond donors (Lipinski definition) is 3. The molecule has 13 heavy (non-hydrogen) atoms. The first-order chi connectivity index (χ1) is 5.96. The summed E-state index contributed by atoms with van der Waals surface area (Å²) in [5.41, 5.74) is 9.43. The lowest BCUT2D eigenvalue weighted by atomic mass is 9.89. The zero-order valence-corrected chi connectivity index (χ0v) is 7.19. The molecule has 1 fully saturated rings. The van der Waals surface area contributed by atoms with Crippen LogP contribution in [0.25, 0.3) is 0 Å². The second-order valence-electron chi connectivity index (χ2n) is 3.29. The molecule has 74 valence electrons. The van der Waals surface area contributed by atoms with E-state index in [0.717, 1.165) is 0 Å². The number of hydrogen-bond acceptors (Lipinski definition) is 3. The van der Waals surface area contributed by atoms with Crippen LogP contribution in [0.15, 0.2) is 0 Å². The number of carboxylic acids is 1. The summed E-state index contributed by atoms with van der Waals surface area (Å²) in [7, 11) is 0. The molecule has 1 saturated heterocycles. The minimum Gasteiger partial charge on any atom is -0.480 e. The molecular formula is C7H13N3O3. The van der Waals surface area contributed by atoms with Gasteiger partial charge in [-0.1, -0.05) is 0 Å². The normalized spacial score (nSPS) is 21.2. The Morgan fingerprint density at radius 2 is 1.77 bits per heavy atom. The van der Waals surface area contributed by atoms with Crippen molar-refractivity contribution in [1.82, 2.24) is 4.90 Å². The molecule has 2 amide bonds. The van der Waals surface area contributed by atoms with E-state index < -0.39 is 17.5 Å². The molecule has 6 heteroatoms. The molecule has 0 radical (unpaired) electrons. The fraction of sp³-hybridized carbons (Fsp3) is 0.714. The number of aliphatic carboxylic acids is 1. The van der Waals surface area contributed by atoms with E-state index in [1.807, 2.05) is 0 Å². The Hall–Kier alpha value is -1.30. The Morgan fingerprint density at radius 3 is 2.08 bits per heavy atom. The molecule has 0 aliphatic carbocycles. The Kier molecular flexibility index (Phi) is 2.42. The van der Waals surface area contributed by atoms with Crippen molar-refractivity contribution < 1.29 is 14.7 Å². The summed E-state index contributed by atoms with van der Waals surface area (Å²) in [6.07, 6.45) is 0.510. The third-order valence-electron chi connectivity index (χ3n) is 2.39. The summed E-state index contributed by atoms with van der Waals surface area (Å²) in [5, 5.41) is 8.76. The van der Waals surface area contributed by atoms with Crippen molar-refractivity contribution in [3.63, 3.8) is 0 Å². The number of primary amides is 1. The van der Waals surface area contributed by atoms with Gasteiger partial charge in [0.15, 0.2) is 0 Å². The third kappa shape index (κ3) is 1.89. The zero-order chi connectivity index (χ0) is 10.1. The van der Waals surface area contributed by atoms with Crippen LogP contribution < -0.4 is 11.5 Å². The van der Waals surface area contributed by atoms with Crippen molar-refractivity contribution >= 4 is 12.0 Å². The first kappa shape index (κ1) is 9.79. The lowest BCUT2D eigenvalue weighted by Crippen LogP contribution is -2.57. The maximum Gasteiger partial charge on any atom is 0.323 e. The van der Waals surface area contributed by atoms with Gasteiger partial charge in [0.1, 0.15) is 5.54 Å². The first-order valence-electron chi connectivity index (χ1n) is 4.02. The lowest BCUT2D eigenvalue weighted by Gasteiger charge is -2.35. The number of carbonyl (C=O) groups excluding carboxylic acids is 1. The van der Waals surface area contributed by atoms with Crippen LogP contribution in [0.4, 0.5) is 4.79 Å². The highest BCUT2D eigenvalue weighted by atomic mass is 16.4. The van der Waals surface area contributed by atoms with Crippen molar-refractivity contribution in [3.05, 3.63) is 0 Å². The van der Waals surface area contributed by atoms with E-state index in [2.05, 4.69) is 0 Å². The Bertz CT molecular complexity index is 233. The summed E-state index contributed by atoms with van der Waals surface area (Å²) in [6, 6.07) is -0.521. The fourth-order valence-electron chi connectivity index (χ4n) is 1.34. The SMILES string of the molecule is NC(=O)N1CCC(N)(C(=O)O)CC1. The molecular weight excluding hydrogens is 174 g/mol. The summed E-state index contributed by atoms with van der Waals surface area (Å²) in [5.74, 6) is -1.02. The van der Waals surface area contributed by atoms with Crippen LogP contribution in [0.1, 0.15) is 12.8 Å². The van der Waals surface area contributed by atoms with Gasteiger partial charge in [0.2, 0.25) is 0 Å². The third-order valence-corrected chi connectivity index (χ3v) is 2.39. The van der Waals surface area contributed by atoms with Crippen LogP contribution in [0.2, 0.25) is 0 Å². The summed E-state index contributed by atoms with van der Waals surface area (Å²) in [6.45, 7) is 0.635. The number of rotatable bonds is 1. The van der Waals surface area contributed by atoms with Gasteiger partial charge in [0, 0.05) is 13.1 Å². The van der Waals surface area contributed by atoms with E-state index in [1.54, 1.807) is 0 Å². The van der Waals surface area contributed by atoms with Crippen molar-refractivity contribution in [2.75, 3.05) is 13.1 Å². The second-order valence-corrected chi connectivity index (χ2v) is 3.29. The van der Waals surface area contributed by atoms with Crippen molar-refractivity contribution in [1.29, 1.82) is 0 Å². The van der Waals surface area contributed by atoms with Crippen LogP contribution in [0.3, 0.4) is 0 Å². The monoisotopic (exact) mass is 187 g/mol. The summed E-state index contributed by atoms with van der Waals surface area (Å²) in [4.78, 5) is 22.8. The number of carboxylic acid groups (broad SMARTS) is 1. The fourth-order valence-corrected chi connectivity index (χ4v) is 1.34. The molecule has 0 saturated carbocycles. The Balaban J connectivity index is 2.56. The smallest absolute Gasteiger partial charge is 0.323 e. The van der Waals surface area contributed by atoms with Gasteiger partial charge in [0.05, 0.1) is 0 Å². The zero-order valence-electron chi connectivity index (χ0n) is 7.19. The molecule has 0 aromatic heterocycles. The van der Waals surface area contributed by atoms with Gasteiger partial charge in [-0.15, -0.1) is 0 Å². The topological polar surface area (TPSA) is 110 Å². The Labute approximate surface area is 75.5 Å². The number of piperidine rings is 1. The number of nitrogens with two attached hydrogens (primary N) is 2. The molecule has 0 bridgehead atoms. The number of likely N-dealkylation sites (tertiary alicyclic amines) is 1. The number of urea groups is 1. The largest absolute Gasteiger partial charge is 0.480 e. The van der Waals surface area contributed by atoms with Gasteiger partial charge in [0.25, 0.3) is 0 Å². The van der Waals surface area contributed by atoms with Crippen molar-refractivity contribution in [2.24, 2.45) is 11.5 Å². The van der Waals surface area contributed by atoms with Crippen molar-refractivity contribution in [3.8, 4) is 0 Å². The van der Waals surface area contributed by atoms with E-state index in [1.165, 1.54) is 4.90 Å². The summed E-state index contributed by atoms with van der Waals surface area (Å²) >= 11 is 0. The van der Waals surface area contributed by atoms with Gasteiger partial charge in [-0.25, -0.2) is 4.79 Å². The standard InChI is InChI=1S/C7H13N3O3/c8-6(13)10-3-1-7(9,2-4-10)5(11)12/h1-4,9H2,(H2,8,13)(H,11,12). The van der Waals surface area contributed by atoms with E-state index in [-0.39, 0.29) is 12.8 Å². The molecule has 1 rings (SSSR count). The number of amides is 2. The molecule has 0 aromatic carbocycles. The maximum absolute atomic E-state index is 10.7. The molecule has 6 nitrogen and oxygen atoms in total. The molecule has 5 N–H and O–H groups in total. The van der Waals surface area contributed by atoms with Crippen LogP contribution in [-0.4, -0.2) is 40.6 Å². The minimum atomic E-state index is -1.19. The molecule has 1 heterocycles. The maximum atomic E-state index is 10.7. The summed E-state index contributed by atoms with van der Waals surface area (Å²) < 4.78 is 0. The van der Waals surface area contributed by atoms with E-state index in [4.69, 9.17) is 16.6 Å². The highest BCUT2D eigenvalue weighted by molar-refractivity contribution is 5.79. The van der Waals surface area contributed by atoms with E-state index in [0.29, 0.717) is 13.1 Å². The van der Waals surface area contributed by atoms with Crippen molar-refractivity contribution in [2.45, 2.75) is 18.4 Å². The van der Waals surface area contributed by atoms with E-state index >= 15 is 0 Å². The van der Waals surface area contributed by atoms with Gasteiger partial charge in [-0.3, -0.25) is 4.79 Å². The minimum absolute atomic E-state index is 0.255. The quantitative estimate of drug-likeness (QED) is 0.486. The number of carbonyl (C=O) groups is 2. The van der Waals surface area contributed by atoms with Gasteiger partial charge in [-0.2, -0.15) is 0 Å². The molecule has 0 unspecified atom stereocenters. The number of nitrogens with zero attached hydrogens (tertiary/aromatic N) is 1. The van der Waals surface area contributed by atoms with Gasteiger partial charge < -0.3 is 21.5 Å². The van der Waals surface area contributed by atoms with Gasteiger partial charge in [-0.05, 0) is 12.8 Å². The average molecular weight is 187 g/mol. The predicted molar refractivity (Wildman–Crippen MR) is 44.9 cm³/mol. The lowest BCUT2D eigenvalue weighted by molar-refractivity contribution is -0.144. The van der Waals surface area contributed by atoms with Crippen LogP contribution in [-0.2, 0) is 4.79 Å². The Morgan fingerprint density at radius 1 is 1.31 bits per heavy atom. The highest BCUT2D eigenvalue weighted by Gasteiger charge is 2.38. The van der Waals surface area contributed by atoms with Crippen LogP contribution >= 0.6 is 0 Å².